The number of aromatic nitrogens is 2. The summed E-state index contributed by atoms with van der Waals surface area (Å²) in [5, 5.41) is 2.94. The second kappa shape index (κ2) is 10.5. The number of para-hydroxylation sites is 2. The number of imidazole rings is 1. The van der Waals surface area contributed by atoms with E-state index >= 15 is 0 Å². The number of benzene rings is 2. The first-order valence-electron chi connectivity index (χ1n) is 11.4. The van der Waals surface area contributed by atoms with E-state index in [-0.39, 0.29) is 17.3 Å². The first-order chi connectivity index (χ1) is 16.0. The molecule has 2 aromatic carbocycles. The minimum Gasteiger partial charge on any atom is -0.379 e. The molecule has 3 aromatic rings. The molecule has 33 heavy (non-hydrogen) atoms. The standard InChI is InChI=1S/C24H30N4O4S/c1-2-3-8-23-26-21-6-4-5-7-22(21)28(23)18-24(29)25-17-19-9-11-20(12-10-19)33(30,31)27-13-15-32-16-14-27/h4-7,9-12H,2-3,8,13-18H2,1H3,(H,25,29). The summed E-state index contributed by atoms with van der Waals surface area (Å²) in [6.45, 7) is 4.21. The number of unbranched alkanes of at least 4 members (excludes halogenated alkanes) is 1. The van der Waals surface area contributed by atoms with Crippen LogP contribution in [0.5, 0.6) is 0 Å². The molecule has 0 saturated carbocycles. The Labute approximate surface area is 194 Å². The van der Waals surface area contributed by atoms with Crippen molar-refractivity contribution in [1.82, 2.24) is 19.2 Å². The van der Waals surface area contributed by atoms with Crippen LogP contribution in [0.1, 0.15) is 31.2 Å². The van der Waals surface area contributed by atoms with Crippen molar-refractivity contribution in [1.29, 1.82) is 0 Å². The Hall–Kier alpha value is -2.75. The predicted octanol–water partition coefficient (Wildman–Crippen LogP) is 2.72. The number of carbonyl (C=O) groups is 1. The largest absolute Gasteiger partial charge is 0.379 e. The monoisotopic (exact) mass is 470 g/mol. The van der Waals surface area contributed by atoms with Crippen LogP contribution in [0.25, 0.3) is 11.0 Å². The zero-order valence-electron chi connectivity index (χ0n) is 18.9. The number of amides is 1. The zero-order valence-corrected chi connectivity index (χ0v) is 19.7. The number of rotatable bonds is 9. The maximum Gasteiger partial charge on any atom is 0.243 e. The first-order valence-corrected chi connectivity index (χ1v) is 12.8. The number of fused-ring (bicyclic) bond motifs is 1. The van der Waals surface area contributed by atoms with Gasteiger partial charge in [0.2, 0.25) is 15.9 Å². The highest BCUT2D eigenvalue weighted by atomic mass is 32.2. The van der Waals surface area contributed by atoms with Gasteiger partial charge in [0, 0.05) is 26.1 Å². The maximum atomic E-state index is 12.7. The lowest BCUT2D eigenvalue weighted by Gasteiger charge is -2.26. The Morgan fingerprint density at radius 3 is 2.55 bits per heavy atom. The van der Waals surface area contributed by atoms with E-state index in [1.165, 1.54) is 4.31 Å². The molecule has 0 radical (unpaired) electrons. The van der Waals surface area contributed by atoms with E-state index in [0.717, 1.165) is 41.7 Å². The van der Waals surface area contributed by atoms with Crippen LogP contribution in [-0.4, -0.2) is 54.5 Å². The molecule has 1 amide bonds. The lowest BCUT2D eigenvalue weighted by molar-refractivity contribution is -0.121. The molecular formula is C24H30N4O4S. The molecule has 1 aliphatic heterocycles. The Morgan fingerprint density at radius 1 is 1.09 bits per heavy atom. The number of nitrogens with one attached hydrogen (secondary N) is 1. The van der Waals surface area contributed by atoms with Gasteiger partial charge in [0.1, 0.15) is 12.4 Å². The number of carbonyl (C=O) groups excluding carboxylic acids is 1. The molecule has 9 heteroatoms. The van der Waals surface area contributed by atoms with Gasteiger partial charge in [0.15, 0.2) is 0 Å². The highest BCUT2D eigenvalue weighted by molar-refractivity contribution is 7.89. The third-order valence-electron chi connectivity index (χ3n) is 5.81. The molecule has 4 rings (SSSR count). The quantitative estimate of drug-likeness (QED) is 0.519. The van der Waals surface area contributed by atoms with Crippen LogP contribution in [0.3, 0.4) is 0 Å². The zero-order chi connectivity index (χ0) is 23.3. The van der Waals surface area contributed by atoms with Crippen molar-refractivity contribution >= 4 is 27.0 Å². The van der Waals surface area contributed by atoms with E-state index in [0.29, 0.717) is 32.8 Å². The normalized spacial score (nSPS) is 15.1. The highest BCUT2D eigenvalue weighted by Gasteiger charge is 2.26. The molecule has 0 bridgehead atoms. The number of nitrogens with zero attached hydrogens (tertiary/aromatic N) is 3. The summed E-state index contributed by atoms with van der Waals surface area (Å²) >= 11 is 0. The Balaban J connectivity index is 1.39. The molecule has 8 nitrogen and oxygen atoms in total. The highest BCUT2D eigenvalue weighted by Crippen LogP contribution is 2.19. The topological polar surface area (TPSA) is 93.5 Å². The number of sulfonamides is 1. The Morgan fingerprint density at radius 2 is 1.82 bits per heavy atom. The molecule has 1 aliphatic rings. The van der Waals surface area contributed by atoms with Crippen molar-refractivity contribution in [2.75, 3.05) is 26.3 Å². The van der Waals surface area contributed by atoms with Crippen LogP contribution in [0.15, 0.2) is 53.4 Å². The molecule has 176 valence electrons. The van der Waals surface area contributed by atoms with Gasteiger partial charge >= 0.3 is 0 Å². The minimum atomic E-state index is -3.52. The molecule has 1 N–H and O–H groups in total. The summed E-state index contributed by atoms with van der Waals surface area (Å²) in [4.78, 5) is 17.7. The average Bonchev–Trinajstić information content (AvgIpc) is 3.19. The second-order valence-corrected chi connectivity index (χ2v) is 10.1. The Kier molecular flexibility index (Phi) is 7.42. The predicted molar refractivity (Wildman–Crippen MR) is 126 cm³/mol. The summed E-state index contributed by atoms with van der Waals surface area (Å²) in [5.41, 5.74) is 2.69. The van der Waals surface area contributed by atoms with Crippen molar-refractivity contribution in [2.24, 2.45) is 0 Å². The fourth-order valence-electron chi connectivity index (χ4n) is 3.94. The summed E-state index contributed by atoms with van der Waals surface area (Å²) in [7, 11) is -3.52. The van der Waals surface area contributed by atoms with Crippen molar-refractivity contribution in [2.45, 2.75) is 44.2 Å². The summed E-state index contributed by atoms with van der Waals surface area (Å²) < 4.78 is 34.2. The Bertz CT molecular complexity index is 1200. The summed E-state index contributed by atoms with van der Waals surface area (Å²) in [5.74, 6) is 0.812. The molecule has 0 aliphatic carbocycles. The second-order valence-electron chi connectivity index (χ2n) is 8.14. The van der Waals surface area contributed by atoms with Crippen LogP contribution in [0, 0.1) is 0 Å². The van der Waals surface area contributed by atoms with E-state index in [4.69, 9.17) is 9.72 Å². The summed E-state index contributed by atoms with van der Waals surface area (Å²) in [6.07, 6.45) is 2.91. The van der Waals surface area contributed by atoms with E-state index in [2.05, 4.69) is 12.2 Å². The van der Waals surface area contributed by atoms with Gasteiger partial charge in [-0.25, -0.2) is 13.4 Å². The number of hydrogen-bond donors (Lipinski definition) is 1. The SMILES string of the molecule is CCCCc1nc2ccccc2n1CC(=O)NCc1ccc(S(=O)(=O)N2CCOCC2)cc1. The summed E-state index contributed by atoms with van der Waals surface area (Å²) in [6, 6.07) is 14.5. The van der Waals surface area contributed by atoms with Crippen molar-refractivity contribution in [3.05, 3.63) is 59.9 Å². The van der Waals surface area contributed by atoms with Crippen molar-refractivity contribution < 1.29 is 17.9 Å². The van der Waals surface area contributed by atoms with Gasteiger partial charge in [-0.15, -0.1) is 0 Å². The van der Waals surface area contributed by atoms with Crippen LogP contribution in [-0.2, 0) is 39.1 Å². The van der Waals surface area contributed by atoms with Crippen molar-refractivity contribution in [3.8, 4) is 0 Å². The number of aryl methyl sites for hydroxylation is 1. The molecule has 1 aromatic heterocycles. The lowest BCUT2D eigenvalue weighted by Crippen LogP contribution is -2.40. The van der Waals surface area contributed by atoms with Gasteiger partial charge in [-0.05, 0) is 36.2 Å². The van der Waals surface area contributed by atoms with Crippen molar-refractivity contribution in [3.63, 3.8) is 0 Å². The lowest BCUT2D eigenvalue weighted by atomic mass is 10.2. The van der Waals surface area contributed by atoms with Crippen LogP contribution >= 0.6 is 0 Å². The molecular weight excluding hydrogens is 440 g/mol. The van der Waals surface area contributed by atoms with Gasteiger partial charge in [-0.3, -0.25) is 4.79 Å². The number of hydrogen-bond acceptors (Lipinski definition) is 5. The van der Waals surface area contributed by atoms with Gasteiger partial charge < -0.3 is 14.6 Å². The molecule has 0 spiro atoms. The van der Waals surface area contributed by atoms with E-state index < -0.39 is 10.0 Å². The van der Waals surface area contributed by atoms with E-state index in [1.54, 1.807) is 24.3 Å². The maximum absolute atomic E-state index is 12.7. The number of ether oxygens (including phenoxy) is 1. The van der Waals surface area contributed by atoms with Crippen LogP contribution < -0.4 is 5.32 Å². The molecule has 1 saturated heterocycles. The first kappa shape index (κ1) is 23.4. The van der Waals surface area contributed by atoms with E-state index in [1.807, 2.05) is 28.8 Å². The average molecular weight is 471 g/mol. The smallest absolute Gasteiger partial charge is 0.243 e. The molecule has 1 fully saturated rings. The third-order valence-corrected chi connectivity index (χ3v) is 7.72. The molecule has 2 heterocycles. The number of morpholine rings is 1. The molecule has 0 atom stereocenters. The minimum absolute atomic E-state index is 0.110. The fourth-order valence-corrected chi connectivity index (χ4v) is 5.35. The van der Waals surface area contributed by atoms with Gasteiger partial charge in [0.05, 0.1) is 29.1 Å². The van der Waals surface area contributed by atoms with Gasteiger partial charge in [0.25, 0.3) is 0 Å². The van der Waals surface area contributed by atoms with Gasteiger partial charge in [-0.1, -0.05) is 37.6 Å². The third kappa shape index (κ3) is 5.43. The van der Waals surface area contributed by atoms with Gasteiger partial charge in [-0.2, -0.15) is 4.31 Å². The fraction of sp³-hybridized carbons (Fsp3) is 0.417. The van der Waals surface area contributed by atoms with Crippen LogP contribution in [0.4, 0.5) is 0 Å². The van der Waals surface area contributed by atoms with Crippen LogP contribution in [0.2, 0.25) is 0 Å². The molecule has 0 unspecified atom stereocenters. The van der Waals surface area contributed by atoms with E-state index in [9.17, 15) is 13.2 Å².